The van der Waals surface area contributed by atoms with E-state index in [1.165, 1.54) is 0 Å². The number of rotatable bonds is 1. The lowest BCUT2D eigenvalue weighted by Gasteiger charge is -2.33. The molecule has 14 heavy (non-hydrogen) atoms. The van der Waals surface area contributed by atoms with Gasteiger partial charge in [-0.15, -0.1) is 0 Å². The van der Waals surface area contributed by atoms with Crippen LogP contribution in [0.25, 0.3) is 0 Å². The molecule has 1 aliphatic rings. The Morgan fingerprint density at radius 3 is 2.29 bits per heavy atom. The maximum absolute atomic E-state index is 11.7. The summed E-state index contributed by atoms with van der Waals surface area (Å²) in [6, 6.07) is 0. The van der Waals surface area contributed by atoms with Crippen LogP contribution in [0.15, 0.2) is 0 Å². The third-order valence-corrected chi connectivity index (χ3v) is 2.19. The Morgan fingerprint density at radius 1 is 1.36 bits per heavy atom. The van der Waals surface area contributed by atoms with Gasteiger partial charge in [0.15, 0.2) is 0 Å². The van der Waals surface area contributed by atoms with E-state index in [9.17, 15) is 4.79 Å². The van der Waals surface area contributed by atoms with Gasteiger partial charge in [0.1, 0.15) is 11.1 Å². The molecule has 1 saturated heterocycles. The molecule has 0 amide bonds. The second-order valence-corrected chi connectivity index (χ2v) is 4.77. The van der Waals surface area contributed by atoms with Crippen molar-refractivity contribution >= 4 is 5.97 Å². The number of hydrogen-bond donors (Lipinski definition) is 1. The van der Waals surface area contributed by atoms with Crippen LogP contribution in [0.1, 0.15) is 33.6 Å². The van der Waals surface area contributed by atoms with Gasteiger partial charge < -0.3 is 15.2 Å². The van der Waals surface area contributed by atoms with Crippen molar-refractivity contribution in [1.29, 1.82) is 0 Å². The fraction of sp³-hybridized carbons (Fsp3) is 0.900. The lowest BCUT2D eigenvalue weighted by Crippen LogP contribution is -2.54. The maximum atomic E-state index is 11.7. The molecule has 1 heterocycles. The van der Waals surface area contributed by atoms with Gasteiger partial charge in [-0.05, 0) is 33.6 Å². The highest BCUT2D eigenvalue weighted by Gasteiger charge is 2.39. The Labute approximate surface area is 84.7 Å². The zero-order valence-corrected chi connectivity index (χ0v) is 9.13. The van der Waals surface area contributed by atoms with Crippen LogP contribution in [0, 0.1) is 0 Å². The van der Waals surface area contributed by atoms with E-state index < -0.39 is 11.1 Å². The Kier molecular flexibility index (Phi) is 3.17. The minimum atomic E-state index is -0.842. The van der Waals surface area contributed by atoms with Crippen molar-refractivity contribution in [2.75, 3.05) is 13.2 Å². The van der Waals surface area contributed by atoms with Gasteiger partial charge in [0.2, 0.25) is 0 Å². The first kappa shape index (κ1) is 11.5. The van der Waals surface area contributed by atoms with Crippen molar-refractivity contribution in [2.24, 2.45) is 5.73 Å². The monoisotopic (exact) mass is 201 g/mol. The predicted octanol–water partition coefficient (Wildman–Crippen LogP) is 0.836. The molecule has 0 aromatic carbocycles. The number of hydrogen-bond acceptors (Lipinski definition) is 4. The van der Waals surface area contributed by atoms with Gasteiger partial charge in [0.25, 0.3) is 0 Å². The van der Waals surface area contributed by atoms with Crippen molar-refractivity contribution in [3.8, 4) is 0 Å². The van der Waals surface area contributed by atoms with Gasteiger partial charge in [-0.2, -0.15) is 0 Å². The van der Waals surface area contributed by atoms with Crippen molar-refractivity contribution in [3.63, 3.8) is 0 Å². The summed E-state index contributed by atoms with van der Waals surface area (Å²) in [7, 11) is 0. The highest BCUT2D eigenvalue weighted by molar-refractivity contribution is 5.81. The second-order valence-electron chi connectivity index (χ2n) is 4.77. The normalized spacial score (nSPS) is 21.7. The molecule has 82 valence electrons. The molecule has 4 heteroatoms. The van der Waals surface area contributed by atoms with E-state index in [0.29, 0.717) is 26.1 Å². The van der Waals surface area contributed by atoms with E-state index in [1.54, 1.807) is 0 Å². The van der Waals surface area contributed by atoms with Crippen LogP contribution < -0.4 is 5.73 Å². The van der Waals surface area contributed by atoms with Crippen LogP contribution in [0.2, 0.25) is 0 Å². The summed E-state index contributed by atoms with van der Waals surface area (Å²) in [4.78, 5) is 11.7. The van der Waals surface area contributed by atoms with Gasteiger partial charge >= 0.3 is 5.97 Å². The van der Waals surface area contributed by atoms with Crippen LogP contribution in [-0.2, 0) is 14.3 Å². The average Bonchev–Trinajstić information content (AvgIpc) is 2.02. The van der Waals surface area contributed by atoms with E-state index in [0.717, 1.165) is 0 Å². The molecule has 0 unspecified atom stereocenters. The minimum absolute atomic E-state index is 0.312. The quantitative estimate of drug-likeness (QED) is 0.638. The standard InChI is InChI=1S/C10H19NO3/c1-9(2,3)14-8(12)10(11)4-6-13-7-5-10/h4-7,11H2,1-3H3. The summed E-state index contributed by atoms with van der Waals surface area (Å²) in [6.07, 6.45) is 1.09. The van der Waals surface area contributed by atoms with E-state index in [1.807, 2.05) is 20.8 Å². The summed E-state index contributed by atoms with van der Waals surface area (Å²) in [5.74, 6) is -0.312. The first-order valence-electron chi connectivity index (χ1n) is 4.94. The topological polar surface area (TPSA) is 61.5 Å². The summed E-state index contributed by atoms with van der Waals surface area (Å²) in [5, 5.41) is 0. The lowest BCUT2D eigenvalue weighted by atomic mass is 9.91. The molecule has 0 atom stereocenters. The Balaban J connectivity index is 2.58. The largest absolute Gasteiger partial charge is 0.459 e. The van der Waals surface area contributed by atoms with Crippen LogP contribution >= 0.6 is 0 Å². The number of ether oxygens (including phenoxy) is 2. The summed E-state index contributed by atoms with van der Waals surface area (Å²) >= 11 is 0. The van der Waals surface area contributed by atoms with Crippen LogP contribution in [-0.4, -0.2) is 30.3 Å². The minimum Gasteiger partial charge on any atom is -0.459 e. The number of carbonyl (C=O) groups excluding carboxylic acids is 1. The first-order valence-corrected chi connectivity index (χ1v) is 4.94. The molecule has 0 radical (unpaired) electrons. The van der Waals surface area contributed by atoms with Crippen LogP contribution in [0.4, 0.5) is 0 Å². The molecule has 0 aromatic heterocycles. The third-order valence-electron chi connectivity index (χ3n) is 2.19. The summed E-state index contributed by atoms with van der Waals surface area (Å²) < 4.78 is 10.4. The molecule has 1 aliphatic heterocycles. The van der Waals surface area contributed by atoms with Crippen LogP contribution in [0.3, 0.4) is 0 Å². The predicted molar refractivity (Wildman–Crippen MR) is 52.8 cm³/mol. The summed E-state index contributed by atoms with van der Waals surface area (Å²) in [6.45, 7) is 6.60. The van der Waals surface area contributed by atoms with E-state index in [2.05, 4.69) is 0 Å². The first-order chi connectivity index (χ1) is 6.33. The average molecular weight is 201 g/mol. The molecule has 0 saturated carbocycles. The number of carbonyl (C=O) groups is 1. The van der Waals surface area contributed by atoms with Crippen molar-refractivity contribution in [2.45, 2.75) is 44.8 Å². The maximum Gasteiger partial charge on any atom is 0.326 e. The van der Waals surface area contributed by atoms with Gasteiger partial charge in [-0.25, -0.2) is 0 Å². The fourth-order valence-corrected chi connectivity index (χ4v) is 1.32. The van der Waals surface area contributed by atoms with Crippen molar-refractivity contribution < 1.29 is 14.3 Å². The molecular weight excluding hydrogens is 182 g/mol. The van der Waals surface area contributed by atoms with Gasteiger partial charge in [0.05, 0.1) is 0 Å². The fourth-order valence-electron chi connectivity index (χ4n) is 1.32. The van der Waals surface area contributed by atoms with Crippen molar-refractivity contribution in [3.05, 3.63) is 0 Å². The molecule has 0 spiro atoms. The molecular formula is C10H19NO3. The smallest absolute Gasteiger partial charge is 0.326 e. The lowest BCUT2D eigenvalue weighted by molar-refractivity contribution is -0.165. The van der Waals surface area contributed by atoms with E-state index >= 15 is 0 Å². The SMILES string of the molecule is CC(C)(C)OC(=O)C1(N)CCOCC1. The Morgan fingerprint density at radius 2 is 1.86 bits per heavy atom. The second kappa shape index (κ2) is 3.87. The van der Waals surface area contributed by atoms with Crippen molar-refractivity contribution in [1.82, 2.24) is 0 Å². The molecule has 0 bridgehead atoms. The van der Waals surface area contributed by atoms with Gasteiger partial charge in [-0.3, -0.25) is 4.79 Å². The summed E-state index contributed by atoms with van der Waals surface area (Å²) in [5.41, 5.74) is 4.64. The molecule has 0 aliphatic carbocycles. The Hall–Kier alpha value is -0.610. The number of esters is 1. The molecule has 2 N–H and O–H groups in total. The number of nitrogens with two attached hydrogens (primary N) is 1. The van der Waals surface area contributed by atoms with E-state index in [4.69, 9.17) is 15.2 Å². The van der Waals surface area contributed by atoms with Crippen LogP contribution in [0.5, 0.6) is 0 Å². The molecule has 1 rings (SSSR count). The molecule has 0 aromatic rings. The highest BCUT2D eigenvalue weighted by Crippen LogP contribution is 2.22. The zero-order chi connectivity index (χ0) is 10.8. The molecule has 1 fully saturated rings. The third kappa shape index (κ3) is 2.96. The Bertz CT molecular complexity index is 214. The highest BCUT2D eigenvalue weighted by atomic mass is 16.6. The molecule has 4 nitrogen and oxygen atoms in total. The van der Waals surface area contributed by atoms with E-state index in [-0.39, 0.29) is 5.97 Å². The van der Waals surface area contributed by atoms with Gasteiger partial charge in [0, 0.05) is 13.2 Å². The zero-order valence-electron chi connectivity index (χ0n) is 9.13. The van der Waals surface area contributed by atoms with Gasteiger partial charge in [-0.1, -0.05) is 0 Å².